The third-order valence-electron chi connectivity index (χ3n) is 9.35. The highest BCUT2D eigenvalue weighted by molar-refractivity contribution is 6.04. The molecule has 6 rings (SSSR count). The summed E-state index contributed by atoms with van der Waals surface area (Å²) in [5.41, 5.74) is 4.50. The zero-order chi connectivity index (χ0) is 33.4. The van der Waals surface area contributed by atoms with Gasteiger partial charge < -0.3 is 34.5 Å². The second kappa shape index (κ2) is 13.1. The van der Waals surface area contributed by atoms with E-state index in [1.54, 1.807) is 21.0 Å². The zero-order valence-electron chi connectivity index (χ0n) is 27.9. The second-order valence-electron chi connectivity index (χ2n) is 12.9. The summed E-state index contributed by atoms with van der Waals surface area (Å²) in [6.45, 7) is 9.50. The molecule has 0 radical (unpaired) electrons. The molecule has 11 nitrogen and oxygen atoms in total. The normalized spacial score (nSPS) is 19.1. The number of benzene rings is 2. The van der Waals surface area contributed by atoms with Gasteiger partial charge in [0.2, 0.25) is 11.9 Å². The summed E-state index contributed by atoms with van der Waals surface area (Å²) in [6.07, 6.45) is 6.58. The van der Waals surface area contributed by atoms with Gasteiger partial charge in [-0.2, -0.15) is 0 Å². The highest BCUT2D eigenvalue weighted by Crippen LogP contribution is 2.44. The van der Waals surface area contributed by atoms with E-state index in [-0.39, 0.29) is 23.5 Å². The second-order valence-corrected chi connectivity index (χ2v) is 12.9. The molecule has 246 valence electrons. The Bertz CT molecular complexity index is 1820. The average molecular weight is 638 g/mol. The van der Waals surface area contributed by atoms with E-state index < -0.39 is 5.97 Å². The third-order valence-corrected chi connectivity index (χ3v) is 9.35. The number of esters is 1. The van der Waals surface area contributed by atoms with Gasteiger partial charge in [0.25, 0.3) is 0 Å². The molecule has 2 N–H and O–H groups in total. The quantitative estimate of drug-likeness (QED) is 0.163. The molecule has 47 heavy (non-hydrogen) atoms. The van der Waals surface area contributed by atoms with Crippen molar-refractivity contribution in [3.63, 3.8) is 0 Å². The fraction of sp³-hybridized carbons (Fsp3) is 0.389. The van der Waals surface area contributed by atoms with Gasteiger partial charge in [0.15, 0.2) is 0 Å². The van der Waals surface area contributed by atoms with Gasteiger partial charge in [0.1, 0.15) is 11.3 Å². The topological polar surface area (TPSA) is 114 Å². The number of hydrogen-bond acceptors (Lipinski definition) is 9. The van der Waals surface area contributed by atoms with Crippen molar-refractivity contribution in [2.45, 2.75) is 38.8 Å². The first kappa shape index (κ1) is 32.1. The Morgan fingerprint density at radius 3 is 2.51 bits per heavy atom. The van der Waals surface area contributed by atoms with E-state index in [1.165, 1.54) is 12.3 Å². The van der Waals surface area contributed by atoms with Gasteiger partial charge in [-0.3, -0.25) is 4.79 Å². The van der Waals surface area contributed by atoms with Crippen LogP contribution >= 0.6 is 0 Å². The van der Waals surface area contributed by atoms with Crippen LogP contribution in [0.15, 0.2) is 61.4 Å². The largest absolute Gasteiger partial charge is 0.494 e. The number of nitrogens with zero attached hydrogens (tertiary/aromatic N) is 5. The van der Waals surface area contributed by atoms with Gasteiger partial charge >= 0.3 is 5.97 Å². The number of nitrogens with one attached hydrogen (secondary N) is 2. The molecule has 0 spiro atoms. The molecule has 1 saturated carbocycles. The number of fused-ring (bicyclic) bond motifs is 2. The number of aromatic nitrogens is 3. The molecule has 0 bridgehead atoms. The van der Waals surface area contributed by atoms with E-state index in [2.05, 4.69) is 46.1 Å². The van der Waals surface area contributed by atoms with Crippen LogP contribution in [0.5, 0.6) is 5.75 Å². The lowest BCUT2D eigenvalue weighted by Gasteiger charge is -2.31. The van der Waals surface area contributed by atoms with Crippen molar-refractivity contribution in [1.82, 2.24) is 19.4 Å². The summed E-state index contributed by atoms with van der Waals surface area (Å²) in [6, 6.07) is 12.0. The van der Waals surface area contributed by atoms with Crippen molar-refractivity contribution in [1.29, 1.82) is 0 Å². The lowest BCUT2D eigenvalue weighted by atomic mass is 10.0. The van der Waals surface area contributed by atoms with Crippen LogP contribution in [-0.2, 0) is 16.6 Å². The molecule has 1 saturated heterocycles. The monoisotopic (exact) mass is 637 g/mol. The Morgan fingerprint density at radius 1 is 1.11 bits per heavy atom. The molecule has 4 aromatic rings. The molecule has 3 atom stereocenters. The minimum absolute atomic E-state index is 0.252. The molecule has 2 aliphatic rings. The van der Waals surface area contributed by atoms with Crippen LogP contribution in [-0.4, -0.2) is 77.8 Å². The minimum Gasteiger partial charge on any atom is -0.494 e. The maximum atomic E-state index is 13.2. The van der Waals surface area contributed by atoms with E-state index in [0.29, 0.717) is 40.7 Å². The van der Waals surface area contributed by atoms with E-state index in [0.717, 1.165) is 48.1 Å². The van der Waals surface area contributed by atoms with E-state index in [1.807, 2.05) is 54.2 Å². The fourth-order valence-corrected chi connectivity index (χ4v) is 7.15. The number of aryl methyl sites for hydroxylation is 1. The van der Waals surface area contributed by atoms with Crippen LogP contribution in [0.3, 0.4) is 0 Å². The van der Waals surface area contributed by atoms with Crippen LogP contribution in [0.1, 0.15) is 37.0 Å². The summed E-state index contributed by atoms with van der Waals surface area (Å²) in [5.74, 6) is 1.34. The number of anilines is 4. The molecule has 2 aromatic heterocycles. The van der Waals surface area contributed by atoms with Crippen LogP contribution < -0.4 is 20.3 Å². The van der Waals surface area contributed by atoms with Crippen LogP contribution in [0.25, 0.3) is 22.2 Å². The summed E-state index contributed by atoms with van der Waals surface area (Å²) in [7, 11) is 7.83. The Balaban J connectivity index is 1.39. The number of likely N-dealkylation sites (tertiary alicyclic amines) is 1. The number of carbonyl (C=O) groups is 2. The highest BCUT2D eigenvalue weighted by Gasteiger charge is 2.41. The maximum absolute atomic E-state index is 13.2. The number of methoxy groups -OCH3 is 1. The fourth-order valence-electron chi connectivity index (χ4n) is 7.15. The lowest BCUT2D eigenvalue weighted by molar-refractivity contribution is -0.111. The third kappa shape index (κ3) is 6.40. The number of rotatable bonds is 10. The van der Waals surface area contributed by atoms with Crippen LogP contribution in [0.2, 0.25) is 0 Å². The molecule has 1 amide bonds. The Hall–Kier alpha value is -4.90. The number of ether oxygens (including phenoxy) is 2. The number of amides is 1. The molecule has 2 unspecified atom stereocenters. The van der Waals surface area contributed by atoms with Crippen LogP contribution in [0, 0.1) is 11.8 Å². The summed E-state index contributed by atoms with van der Waals surface area (Å²) >= 11 is 0. The molecule has 1 aliphatic heterocycles. The summed E-state index contributed by atoms with van der Waals surface area (Å²) in [5, 5.41) is 7.23. The van der Waals surface area contributed by atoms with E-state index >= 15 is 0 Å². The van der Waals surface area contributed by atoms with E-state index in [4.69, 9.17) is 14.5 Å². The molecular weight excluding hydrogens is 594 g/mol. The van der Waals surface area contributed by atoms with Gasteiger partial charge in [-0.15, -0.1) is 0 Å². The molecule has 3 heterocycles. The molecule has 11 heteroatoms. The number of carbonyl (C=O) groups excluding carboxylic acids is 2. The summed E-state index contributed by atoms with van der Waals surface area (Å²) < 4.78 is 13.4. The molecule has 1 aliphatic carbocycles. The predicted molar refractivity (Wildman–Crippen MR) is 186 cm³/mol. The molecule has 2 aromatic carbocycles. The maximum Gasteiger partial charge on any atom is 0.342 e. The van der Waals surface area contributed by atoms with Gasteiger partial charge in [-0.1, -0.05) is 24.8 Å². The standard InChI is InChI=1S/C36H43N7O4/c1-8-33(44)38-28-15-29(32(46-7)16-31(28)43(6)24-13-22-18-41(4)19-23(22)14-24)39-36-37-17-26(35(45)47-21(2)3)34(40-36)27-20-42(5)30-12-10-9-11-25(27)30/h8-12,15-17,20-24H,1,13-14,18-19H2,2-7H3,(H,38,44)(H,37,39,40)/t22-,23?,24?/m0/s1. The van der Waals surface area contributed by atoms with Gasteiger partial charge in [0, 0.05) is 68.2 Å². The zero-order valence-corrected chi connectivity index (χ0v) is 27.9. The smallest absolute Gasteiger partial charge is 0.342 e. The van der Waals surface area contributed by atoms with E-state index in [9.17, 15) is 9.59 Å². The number of para-hydroxylation sites is 1. The van der Waals surface area contributed by atoms with Crippen molar-refractivity contribution >= 4 is 45.8 Å². The predicted octanol–water partition coefficient (Wildman–Crippen LogP) is 5.85. The minimum atomic E-state index is -0.503. The first-order valence-electron chi connectivity index (χ1n) is 16.0. The SMILES string of the molecule is C=CC(=O)Nc1cc(Nc2ncc(C(=O)OC(C)C)c(-c3cn(C)c4ccccc34)n2)c(OC)cc1N(C)C1CC2CN(C)C[C@@H]2C1. The summed E-state index contributed by atoms with van der Waals surface area (Å²) in [4.78, 5) is 39.9. The van der Waals surface area contributed by atoms with Crippen molar-refractivity contribution in [3.8, 4) is 17.0 Å². The lowest BCUT2D eigenvalue weighted by Crippen LogP contribution is -2.32. The van der Waals surface area contributed by atoms with Crippen LogP contribution in [0.4, 0.5) is 23.0 Å². The van der Waals surface area contributed by atoms with Gasteiger partial charge in [-0.05, 0) is 63.8 Å². The van der Waals surface area contributed by atoms with Crippen molar-refractivity contribution < 1.29 is 19.1 Å². The molecular formula is C36H43N7O4. The van der Waals surface area contributed by atoms with Crippen molar-refractivity contribution in [2.24, 2.45) is 18.9 Å². The Labute approximate surface area is 275 Å². The first-order chi connectivity index (χ1) is 22.6. The molecule has 2 fully saturated rings. The van der Waals surface area contributed by atoms with Crippen molar-refractivity contribution in [2.75, 3.05) is 49.8 Å². The Kier molecular flexibility index (Phi) is 8.92. The first-order valence-corrected chi connectivity index (χ1v) is 16.0. The van der Waals surface area contributed by atoms with Gasteiger partial charge in [-0.25, -0.2) is 14.8 Å². The highest BCUT2D eigenvalue weighted by atomic mass is 16.5. The van der Waals surface area contributed by atoms with Gasteiger partial charge in [0.05, 0.1) is 36.0 Å². The number of hydrogen-bond donors (Lipinski definition) is 2. The van der Waals surface area contributed by atoms with Crippen molar-refractivity contribution in [3.05, 3.63) is 67.0 Å². The average Bonchev–Trinajstić information content (AvgIpc) is 3.71. The Morgan fingerprint density at radius 2 is 1.83 bits per heavy atom.